The fourth-order valence-corrected chi connectivity index (χ4v) is 4.03. The molecule has 9 nitrogen and oxygen atoms in total. The quantitative estimate of drug-likeness (QED) is 0.405. The van der Waals surface area contributed by atoms with Crippen molar-refractivity contribution in [3.8, 4) is 0 Å². The van der Waals surface area contributed by atoms with Gasteiger partial charge in [0.25, 0.3) is 5.56 Å². The van der Waals surface area contributed by atoms with Crippen LogP contribution in [0.2, 0.25) is 10.0 Å². The Labute approximate surface area is 213 Å². The van der Waals surface area contributed by atoms with Crippen LogP contribution >= 0.6 is 48.0 Å². The number of rotatable bonds is 8. The van der Waals surface area contributed by atoms with Gasteiger partial charge in [0.15, 0.2) is 5.52 Å². The van der Waals surface area contributed by atoms with Gasteiger partial charge in [0.1, 0.15) is 5.52 Å². The Balaban J connectivity index is 0.00000193. The molecule has 0 amide bonds. The van der Waals surface area contributed by atoms with Gasteiger partial charge in [-0.05, 0) is 17.7 Å². The van der Waals surface area contributed by atoms with Crippen molar-refractivity contribution < 1.29 is 5.11 Å². The molecule has 0 saturated carbocycles. The Morgan fingerprint density at radius 2 is 1.73 bits per heavy atom. The van der Waals surface area contributed by atoms with E-state index >= 15 is 0 Å². The highest BCUT2D eigenvalue weighted by atomic mass is 35.5. The summed E-state index contributed by atoms with van der Waals surface area (Å²) in [5.41, 5.74) is 1.71. The highest BCUT2D eigenvalue weighted by Gasteiger charge is 2.17. The molecule has 3 N–H and O–H groups in total. The molecule has 0 atom stereocenters. The molecule has 1 aromatic carbocycles. The second-order valence-electron chi connectivity index (χ2n) is 7.52. The Morgan fingerprint density at radius 1 is 1.03 bits per heavy atom. The first kappa shape index (κ1) is 27.7. The molecule has 0 aliphatic carbocycles. The molecule has 0 spiro atoms. The number of piperazine rings is 1. The SMILES string of the molecule is Cl.Cl.O=c1[nH]c(NCc2ccc(Cl)c(Cl)c2)nc2cnn(CCN3CCN(CCO)CC3)c12. The number of aromatic nitrogens is 4. The van der Waals surface area contributed by atoms with Crippen LogP contribution in [0.15, 0.2) is 29.2 Å². The number of anilines is 1. The summed E-state index contributed by atoms with van der Waals surface area (Å²) >= 11 is 12.0. The van der Waals surface area contributed by atoms with Crippen molar-refractivity contribution in [2.45, 2.75) is 13.1 Å². The van der Waals surface area contributed by atoms with Gasteiger partial charge in [-0.25, -0.2) is 4.98 Å². The van der Waals surface area contributed by atoms with Gasteiger partial charge in [-0.2, -0.15) is 5.10 Å². The lowest BCUT2D eigenvalue weighted by Gasteiger charge is -2.34. The first-order valence-electron chi connectivity index (χ1n) is 10.2. The molecule has 1 saturated heterocycles. The van der Waals surface area contributed by atoms with E-state index in [2.05, 4.69) is 30.2 Å². The topological polar surface area (TPSA) is 102 Å². The molecule has 3 aromatic rings. The maximum absolute atomic E-state index is 12.7. The van der Waals surface area contributed by atoms with Crippen LogP contribution in [0.1, 0.15) is 5.56 Å². The van der Waals surface area contributed by atoms with Crippen molar-refractivity contribution in [3.63, 3.8) is 0 Å². The molecule has 0 unspecified atom stereocenters. The van der Waals surface area contributed by atoms with Gasteiger partial charge < -0.3 is 10.4 Å². The number of benzene rings is 1. The van der Waals surface area contributed by atoms with Crippen molar-refractivity contribution in [2.24, 2.45) is 0 Å². The zero-order valence-electron chi connectivity index (χ0n) is 17.8. The Bertz CT molecular complexity index is 1100. The van der Waals surface area contributed by atoms with Crippen LogP contribution in [0.3, 0.4) is 0 Å². The maximum atomic E-state index is 12.7. The number of aromatic amines is 1. The van der Waals surface area contributed by atoms with Crippen LogP contribution in [-0.4, -0.2) is 80.5 Å². The number of fused-ring (bicyclic) bond motifs is 1. The van der Waals surface area contributed by atoms with E-state index in [-0.39, 0.29) is 37.0 Å². The fraction of sp³-hybridized carbons (Fsp3) is 0.450. The van der Waals surface area contributed by atoms with Crippen molar-refractivity contribution in [2.75, 3.05) is 51.2 Å². The van der Waals surface area contributed by atoms with Crippen LogP contribution in [0.5, 0.6) is 0 Å². The van der Waals surface area contributed by atoms with Gasteiger partial charge in [0, 0.05) is 45.8 Å². The van der Waals surface area contributed by atoms with Crippen LogP contribution in [-0.2, 0) is 13.1 Å². The highest BCUT2D eigenvalue weighted by Crippen LogP contribution is 2.22. The van der Waals surface area contributed by atoms with E-state index in [1.165, 1.54) is 0 Å². The normalized spacial score (nSPS) is 14.6. The van der Waals surface area contributed by atoms with E-state index in [0.29, 0.717) is 40.1 Å². The number of β-amino-alcohol motifs (C(OH)–C–C–N with tert-alkyl or cyclic N) is 1. The first-order chi connectivity index (χ1) is 15.0. The van der Waals surface area contributed by atoms with E-state index < -0.39 is 0 Å². The third kappa shape index (κ3) is 6.95. The molecule has 2 aromatic heterocycles. The third-order valence-electron chi connectivity index (χ3n) is 5.45. The summed E-state index contributed by atoms with van der Waals surface area (Å²) in [6.07, 6.45) is 1.62. The van der Waals surface area contributed by atoms with Crippen molar-refractivity contribution >= 4 is 65.0 Å². The standard InChI is InChI=1S/C20H25Cl2N7O2.2ClH/c21-15-2-1-14(11-16(15)22)12-23-20-25-17-13-24-29(18(17)19(31)26-20)8-7-27-3-5-28(6-4-27)9-10-30;;/h1-2,11,13,30H,3-10,12H2,(H2,23,25,26,31);2*1H. The Kier molecular flexibility index (Phi) is 10.7. The lowest BCUT2D eigenvalue weighted by molar-refractivity contribution is 0.110. The van der Waals surface area contributed by atoms with Crippen LogP contribution in [0.4, 0.5) is 5.95 Å². The summed E-state index contributed by atoms with van der Waals surface area (Å²) in [7, 11) is 0. The summed E-state index contributed by atoms with van der Waals surface area (Å²) in [5.74, 6) is 0.378. The van der Waals surface area contributed by atoms with Gasteiger partial charge in [-0.3, -0.25) is 24.3 Å². The Hall–Kier alpha value is -1.59. The number of nitrogens with zero attached hydrogens (tertiary/aromatic N) is 5. The molecular formula is C20H27Cl4N7O2. The molecule has 33 heavy (non-hydrogen) atoms. The summed E-state index contributed by atoms with van der Waals surface area (Å²) < 4.78 is 1.71. The minimum Gasteiger partial charge on any atom is -0.395 e. The molecule has 1 aliphatic rings. The van der Waals surface area contributed by atoms with E-state index in [1.54, 1.807) is 23.0 Å². The second kappa shape index (κ2) is 12.8. The second-order valence-corrected chi connectivity index (χ2v) is 8.34. The Morgan fingerprint density at radius 3 is 2.39 bits per heavy atom. The van der Waals surface area contributed by atoms with Crippen LogP contribution in [0.25, 0.3) is 11.0 Å². The van der Waals surface area contributed by atoms with E-state index in [4.69, 9.17) is 28.3 Å². The molecule has 13 heteroatoms. The number of hydrogen-bond acceptors (Lipinski definition) is 7. The lowest BCUT2D eigenvalue weighted by Crippen LogP contribution is -2.47. The van der Waals surface area contributed by atoms with Gasteiger partial charge in [-0.15, -0.1) is 24.8 Å². The largest absolute Gasteiger partial charge is 0.395 e. The number of aliphatic hydroxyl groups is 1. The summed E-state index contributed by atoms with van der Waals surface area (Å²) in [5, 5.41) is 17.5. The zero-order chi connectivity index (χ0) is 21.8. The lowest BCUT2D eigenvalue weighted by atomic mass is 10.2. The third-order valence-corrected chi connectivity index (χ3v) is 6.19. The van der Waals surface area contributed by atoms with E-state index in [1.807, 2.05) is 6.07 Å². The summed E-state index contributed by atoms with van der Waals surface area (Å²) in [6.45, 7) is 6.55. The van der Waals surface area contributed by atoms with Crippen LogP contribution in [0, 0.1) is 0 Å². The summed E-state index contributed by atoms with van der Waals surface area (Å²) in [4.78, 5) is 24.5. The molecule has 4 rings (SSSR count). The van der Waals surface area contributed by atoms with Gasteiger partial charge in [-0.1, -0.05) is 29.3 Å². The monoisotopic (exact) mass is 537 g/mol. The molecule has 182 valence electrons. The molecule has 1 aliphatic heterocycles. The number of hydrogen-bond donors (Lipinski definition) is 3. The predicted molar refractivity (Wildman–Crippen MR) is 136 cm³/mol. The van der Waals surface area contributed by atoms with E-state index in [0.717, 1.165) is 44.8 Å². The molecule has 1 fully saturated rings. The number of nitrogens with one attached hydrogen (secondary N) is 2. The molecule has 3 heterocycles. The molecule has 0 radical (unpaired) electrons. The smallest absolute Gasteiger partial charge is 0.278 e. The summed E-state index contributed by atoms with van der Waals surface area (Å²) in [6, 6.07) is 5.37. The molecule has 0 bridgehead atoms. The van der Waals surface area contributed by atoms with Gasteiger partial charge >= 0.3 is 0 Å². The van der Waals surface area contributed by atoms with Gasteiger partial charge in [0.2, 0.25) is 5.95 Å². The van der Waals surface area contributed by atoms with Crippen LogP contribution < -0.4 is 10.9 Å². The number of aliphatic hydroxyl groups excluding tert-OH is 1. The van der Waals surface area contributed by atoms with Crippen molar-refractivity contribution in [1.29, 1.82) is 0 Å². The van der Waals surface area contributed by atoms with Crippen molar-refractivity contribution in [3.05, 3.63) is 50.4 Å². The maximum Gasteiger partial charge on any atom is 0.278 e. The van der Waals surface area contributed by atoms with Gasteiger partial charge in [0.05, 0.1) is 29.4 Å². The number of halogens is 4. The fourth-order valence-electron chi connectivity index (χ4n) is 3.71. The first-order valence-corrected chi connectivity index (χ1v) is 11.0. The van der Waals surface area contributed by atoms with E-state index in [9.17, 15) is 4.79 Å². The average molecular weight is 539 g/mol. The predicted octanol–water partition coefficient (Wildman–Crippen LogP) is 2.49. The average Bonchev–Trinajstić information content (AvgIpc) is 3.18. The van der Waals surface area contributed by atoms with Crippen molar-refractivity contribution in [1.82, 2.24) is 29.5 Å². The zero-order valence-corrected chi connectivity index (χ0v) is 21.0. The minimum atomic E-state index is -0.230. The minimum absolute atomic E-state index is 0. The number of H-pyrrole nitrogens is 1. The highest BCUT2D eigenvalue weighted by molar-refractivity contribution is 6.42. The molecular weight excluding hydrogens is 512 g/mol.